The smallest absolute Gasteiger partial charge is 0.253 e. The molecule has 1 fully saturated rings. The molecule has 1 saturated heterocycles. The molecule has 0 aliphatic carbocycles. The second kappa shape index (κ2) is 12.9. The average Bonchev–Trinajstić information content (AvgIpc) is 3.44. The fourth-order valence-electron chi connectivity index (χ4n) is 3.19. The van der Waals surface area contributed by atoms with Crippen molar-refractivity contribution in [3.05, 3.63) is 52.2 Å². The van der Waals surface area contributed by atoms with E-state index >= 15 is 0 Å². The second-order valence-corrected chi connectivity index (χ2v) is 8.01. The lowest BCUT2D eigenvalue weighted by Gasteiger charge is -2.15. The van der Waals surface area contributed by atoms with Crippen molar-refractivity contribution < 1.29 is 9.53 Å². The Balaban J connectivity index is 0.00000320. The van der Waals surface area contributed by atoms with E-state index in [1.54, 1.807) is 11.3 Å². The number of benzene rings is 1. The maximum Gasteiger partial charge on any atom is 0.253 e. The van der Waals surface area contributed by atoms with Crippen LogP contribution in [0.4, 0.5) is 5.69 Å². The highest BCUT2D eigenvalue weighted by molar-refractivity contribution is 14.0. The number of nitrogens with one attached hydrogen (secondary N) is 3. The zero-order chi connectivity index (χ0) is 20.5. The van der Waals surface area contributed by atoms with Gasteiger partial charge in [0.05, 0.1) is 6.54 Å². The van der Waals surface area contributed by atoms with Gasteiger partial charge in [0.15, 0.2) is 5.96 Å². The number of thiophene rings is 1. The van der Waals surface area contributed by atoms with Gasteiger partial charge in [0.1, 0.15) is 6.10 Å². The molecule has 2 atom stereocenters. The molecule has 3 rings (SSSR count). The van der Waals surface area contributed by atoms with E-state index in [0.29, 0.717) is 19.1 Å². The predicted octanol–water partition coefficient (Wildman–Crippen LogP) is 4.34. The van der Waals surface area contributed by atoms with Crippen LogP contribution in [0.15, 0.2) is 46.1 Å². The summed E-state index contributed by atoms with van der Waals surface area (Å²) in [7, 11) is 0. The highest BCUT2D eigenvalue weighted by Crippen LogP contribution is 2.18. The summed E-state index contributed by atoms with van der Waals surface area (Å²) in [6, 6.07) is 9.98. The molecule has 1 aliphatic heterocycles. The lowest BCUT2D eigenvalue weighted by Crippen LogP contribution is -2.39. The third-order valence-electron chi connectivity index (χ3n) is 4.87. The van der Waals surface area contributed by atoms with E-state index in [2.05, 4.69) is 46.6 Å². The average molecular weight is 542 g/mol. The third-order valence-corrected chi connectivity index (χ3v) is 5.57. The summed E-state index contributed by atoms with van der Waals surface area (Å²) in [4.78, 5) is 16.9. The first-order valence-corrected chi connectivity index (χ1v) is 11.2. The molecule has 1 aliphatic rings. The van der Waals surface area contributed by atoms with Gasteiger partial charge in [-0.1, -0.05) is 19.1 Å². The van der Waals surface area contributed by atoms with Crippen LogP contribution in [-0.4, -0.2) is 37.7 Å². The van der Waals surface area contributed by atoms with E-state index < -0.39 is 0 Å². The number of guanidine groups is 1. The molecule has 8 heteroatoms. The van der Waals surface area contributed by atoms with Gasteiger partial charge in [-0.15, -0.1) is 24.0 Å². The Morgan fingerprint density at radius 1 is 1.33 bits per heavy atom. The number of carbonyl (C=O) groups is 1. The van der Waals surface area contributed by atoms with Crippen molar-refractivity contribution in [1.82, 2.24) is 10.6 Å². The quantitative estimate of drug-likeness (QED) is 0.264. The third kappa shape index (κ3) is 7.55. The summed E-state index contributed by atoms with van der Waals surface area (Å²) in [6.45, 7) is 7.08. The highest BCUT2D eigenvalue weighted by Gasteiger charge is 2.23. The van der Waals surface area contributed by atoms with E-state index in [9.17, 15) is 4.79 Å². The van der Waals surface area contributed by atoms with E-state index in [1.165, 1.54) is 5.56 Å². The van der Waals surface area contributed by atoms with Crippen LogP contribution in [0.5, 0.6) is 0 Å². The molecule has 0 spiro atoms. The SMILES string of the molecule is CCNC(=NCc1cccc(NC(=O)C2CCCO2)c1)NCC(C)c1ccsc1.I. The predicted molar refractivity (Wildman–Crippen MR) is 135 cm³/mol. The summed E-state index contributed by atoms with van der Waals surface area (Å²) in [5.41, 5.74) is 3.16. The van der Waals surface area contributed by atoms with Crippen LogP contribution in [0, 0.1) is 0 Å². The molecule has 0 radical (unpaired) electrons. The topological polar surface area (TPSA) is 74.8 Å². The maximum atomic E-state index is 12.2. The molecule has 2 heterocycles. The van der Waals surface area contributed by atoms with Crippen molar-refractivity contribution in [2.45, 2.75) is 45.3 Å². The molecule has 1 amide bonds. The molecular formula is C22H31IN4O2S. The van der Waals surface area contributed by atoms with Crippen molar-refractivity contribution in [2.75, 3.05) is 25.0 Å². The number of carbonyl (C=O) groups excluding carboxylic acids is 1. The zero-order valence-corrected chi connectivity index (χ0v) is 20.7. The number of halogens is 1. The number of hydrogen-bond acceptors (Lipinski definition) is 4. The van der Waals surface area contributed by atoms with E-state index in [-0.39, 0.29) is 36.0 Å². The fraction of sp³-hybridized carbons (Fsp3) is 0.455. The summed E-state index contributed by atoms with van der Waals surface area (Å²) in [5, 5.41) is 14.0. The summed E-state index contributed by atoms with van der Waals surface area (Å²) in [6.07, 6.45) is 1.40. The van der Waals surface area contributed by atoms with Crippen LogP contribution in [-0.2, 0) is 16.1 Å². The second-order valence-electron chi connectivity index (χ2n) is 7.23. The molecule has 164 valence electrons. The maximum absolute atomic E-state index is 12.2. The Bertz CT molecular complexity index is 807. The van der Waals surface area contributed by atoms with Crippen LogP contribution in [0.25, 0.3) is 0 Å². The molecule has 2 unspecified atom stereocenters. The number of rotatable bonds is 8. The van der Waals surface area contributed by atoms with Crippen molar-refractivity contribution in [3.8, 4) is 0 Å². The molecule has 0 bridgehead atoms. The standard InChI is InChI=1S/C22H30N4O2S.HI/c1-3-23-22(24-13-16(2)18-9-11-29-15-18)25-14-17-6-4-7-19(12-17)26-21(27)20-8-5-10-28-20;/h4,6-7,9,11-12,15-16,20H,3,5,8,10,13-14H2,1-2H3,(H,26,27)(H2,23,24,25);1H. The number of hydrogen-bond donors (Lipinski definition) is 3. The molecule has 30 heavy (non-hydrogen) atoms. The Morgan fingerprint density at radius 3 is 2.90 bits per heavy atom. The van der Waals surface area contributed by atoms with Crippen molar-refractivity contribution in [2.24, 2.45) is 4.99 Å². The molecular weight excluding hydrogens is 511 g/mol. The van der Waals surface area contributed by atoms with Gasteiger partial charge in [0.25, 0.3) is 5.91 Å². The van der Waals surface area contributed by atoms with Gasteiger partial charge < -0.3 is 20.7 Å². The van der Waals surface area contributed by atoms with Gasteiger partial charge in [-0.05, 0) is 65.8 Å². The minimum atomic E-state index is -0.327. The van der Waals surface area contributed by atoms with Crippen LogP contribution in [0.2, 0.25) is 0 Å². The van der Waals surface area contributed by atoms with Crippen molar-refractivity contribution in [3.63, 3.8) is 0 Å². The normalized spacial score (nSPS) is 17.1. The lowest BCUT2D eigenvalue weighted by molar-refractivity contribution is -0.124. The fourth-order valence-corrected chi connectivity index (χ4v) is 3.97. The van der Waals surface area contributed by atoms with Gasteiger partial charge in [-0.25, -0.2) is 4.99 Å². The molecule has 6 nitrogen and oxygen atoms in total. The summed E-state index contributed by atoms with van der Waals surface area (Å²) >= 11 is 1.72. The van der Waals surface area contributed by atoms with E-state index in [4.69, 9.17) is 9.73 Å². The number of amides is 1. The van der Waals surface area contributed by atoms with Crippen LogP contribution in [0.3, 0.4) is 0 Å². The van der Waals surface area contributed by atoms with Gasteiger partial charge in [-0.3, -0.25) is 4.79 Å². The Kier molecular flexibility index (Phi) is 10.6. The molecule has 1 aromatic carbocycles. The largest absolute Gasteiger partial charge is 0.368 e. The minimum Gasteiger partial charge on any atom is -0.368 e. The zero-order valence-electron chi connectivity index (χ0n) is 17.5. The summed E-state index contributed by atoms with van der Waals surface area (Å²) < 4.78 is 5.45. The van der Waals surface area contributed by atoms with Gasteiger partial charge in [0.2, 0.25) is 0 Å². The first-order valence-electron chi connectivity index (χ1n) is 10.2. The number of ether oxygens (including phenoxy) is 1. The highest BCUT2D eigenvalue weighted by atomic mass is 127. The monoisotopic (exact) mass is 542 g/mol. The Labute approximate surface area is 199 Å². The molecule has 1 aromatic heterocycles. The Hall–Kier alpha value is -1.65. The molecule has 3 N–H and O–H groups in total. The van der Waals surface area contributed by atoms with E-state index in [1.807, 2.05) is 24.3 Å². The molecule has 2 aromatic rings. The first-order chi connectivity index (χ1) is 14.2. The van der Waals surface area contributed by atoms with E-state index in [0.717, 1.165) is 43.1 Å². The first kappa shape index (κ1) is 24.6. The van der Waals surface area contributed by atoms with Crippen LogP contribution in [0.1, 0.15) is 43.7 Å². The Morgan fingerprint density at radius 2 is 2.20 bits per heavy atom. The van der Waals surface area contributed by atoms with Crippen molar-refractivity contribution in [1.29, 1.82) is 0 Å². The van der Waals surface area contributed by atoms with Crippen LogP contribution >= 0.6 is 35.3 Å². The van der Waals surface area contributed by atoms with Crippen LogP contribution < -0.4 is 16.0 Å². The lowest BCUT2D eigenvalue weighted by atomic mass is 10.1. The minimum absolute atomic E-state index is 0. The van der Waals surface area contributed by atoms with Gasteiger partial charge >= 0.3 is 0 Å². The molecule has 0 saturated carbocycles. The number of anilines is 1. The summed E-state index contributed by atoms with van der Waals surface area (Å²) in [5.74, 6) is 1.14. The number of aliphatic imine (C=N–C) groups is 1. The number of nitrogens with zero attached hydrogens (tertiary/aromatic N) is 1. The van der Waals surface area contributed by atoms with Gasteiger partial charge in [-0.2, -0.15) is 11.3 Å². The van der Waals surface area contributed by atoms with Gasteiger partial charge in [0, 0.05) is 25.4 Å². The van der Waals surface area contributed by atoms with Crippen molar-refractivity contribution >= 4 is 52.9 Å².